The van der Waals surface area contributed by atoms with Crippen LogP contribution in [0.3, 0.4) is 0 Å². The van der Waals surface area contributed by atoms with Crippen molar-refractivity contribution in [2.45, 2.75) is 18.4 Å². The molecule has 2 aromatic heterocycles. The number of rotatable bonds is 9. The van der Waals surface area contributed by atoms with Crippen molar-refractivity contribution in [3.63, 3.8) is 0 Å². The average Bonchev–Trinajstić information content (AvgIpc) is 2.97. The number of methoxy groups -OCH3 is 1. The number of fused-ring (bicyclic) bond motifs is 1. The van der Waals surface area contributed by atoms with Crippen molar-refractivity contribution in [2.24, 2.45) is 0 Å². The summed E-state index contributed by atoms with van der Waals surface area (Å²) >= 11 is 0. The van der Waals surface area contributed by atoms with Crippen LogP contribution in [0.25, 0.3) is 11.0 Å². The molecule has 5 aromatic rings. The average molecular weight is 571 g/mol. The smallest absolute Gasteiger partial charge is 0.263 e. The van der Waals surface area contributed by atoms with E-state index in [1.54, 1.807) is 73.8 Å². The van der Waals surface area contributed by atoms with Crippen LogP contribution in [-0.4, -0.2) is 41.5 Å². The molecule has 5 rings (SSSR count). The van der Waals surface area contributed by atoms with Crippen molar-refractivity contribution >= 4 is 50.0 Å². The second kappa shape index (κ2) is 11.6. The lowest BCUT2D eigenvalue weighted by molar-refractivity contribution is 0.102. The summed E-state index contributed by atoms with van der Waals surface area (Å²) in [4.78, 5) is 25.9. The van der Waals surface area contributed by atoms with Crippen LogP contribution in [0, 0.1) is 6.92 Å². The van der Waals surface area contributed by atoms with E-state index in [-0.39, 0.29) is 28.8 Å². The molecule has 0 radical (unpaired) electrons. The molecule has 4 N–H and O–H groups in total. The fourth-order valence-electron chi connectivity index (χ4n) is 4.09. The van der Waals surface area contributed by atoms with Gasteiger partial charge in [-0.25, -0.2) is 18.4 Å². The lowest BCUT2D eigenvalue weighted by Crippen LogP contribution is -2.17. The standard InChI is InChI=1S/C29H26N6O5S/c1-18-24(9-6-12-30-18)29(37)32-20-7-5-8-23(16-20)41(38,39)35-28-27(33-25-10-3-4-11-26(25)34-28)31-21-13-19(17-36)14-22(15-21)40-2/h3-16,36H,17H2,1-2H3,(H,31,33)(H,32,37)(H,34,35). The SMILES string of the molecule is COc1cc(CO)cc(Nc2nc3ccccc3nc2NS(=O)(=O)c2cccc(NC(=O)c3cccnc3C)c2)c1. The number of anilines is 4. The number of carbonyl (C=O) groups is 1. The molecule has 3 aromatic carbocycles. The number of para-hydroxylation sites is 2. The maximum Gasteiger partial charge on any atom is 0.263 e. The lowest BCUT2D eigenvalue weighted by atomic mass is 10.2. The van der Waals surface area contributed by atoms with Crippen molar-refractivity contribution in [1.29, 1.82) is 0 Å². The summed E-state index contributed by atoms with van der Waals surface area (Å²) in [7, 11) is -2.67. The molecular weight excluding hydrogens is 544 g/mol. The van der Waals surface area contributed by atoms with Gasteiger partial charge in [-0.15, -0.1) is 0 Å². The highest BCUT2D eigenvalue weighted by Crippen LogP contribution is 2.30. The van der Waals surface area contributed by atoms with Crippen molar-refractivity contribution in [3.05, 3.63) is 102 Å². The summed E-state index contributed by atoms with van der Waals surface area (Å²) < 4.78 is 34.9. The van der Waals surface area contributed by atoms with Crippen LogP contribution in [0.5, 0.6) is 5.75 Å². The van der Waals surface area contributed by atoms with E-state index in [0.717, 1.165) is 0 Å². The van der Waals surface area contributed by atoms with Gasteiger partial charge in [-0.1, -0.05) is 18.2 Å². The second-order valence-electron chi connectivity index (χ2n) is 8.99. The molecule has 41 heavy (non-hydrogen) atoms. The quantitative estimate of drug-likeness (QED) is 0.198. The minimum absolute atomic E-state index is 0.0440. The minimum atomic E-state index is -4.17. The van der Waals surface area contributed by atoms with E-state index in [1.165, 1.54) is 25.3 Å². The zero-order chi connectivity index (χ0) is 29.0. The molecule has 0 aliphatic heterocycles. The fourth-order valence-corrected chi connectivity index (χ4v) is 5.14. The highest BCUT2D eigenvalue weighted by Gasteiger charge is 2.20. The number of aliphatic hydroxyl groups excluding tert-OH is 1. The molecule has 2 heterocycles. The van der Waals surface area contributed by atoms with Gasteiger partial charge in [0.2, 0.25) is 0 Å². The van der Waals surface area contributed by atoms with Gasteiger partial charge < -0.3 is 20.5 Å². The highest BCUT2D eigenvalue weighted by atomic mass is 32.2. The predicted octanol–water partition coefficient (Wildman–Crippen LogP) is 4.63. The lowest BCUT2D eigenvalue weighted by Gasteiger charge is -2.15. The Hall–Kier alpha value is -5.07. The molecule has 12 heteroatoms. The van der Waals surface area contributed by atoms with Gasteiger partial charge in [0, 0.05) is 29.3 Å². The van der Waals surface area contributed by atoms with Gasteiger partial charge in [0.15, 0.2) is 11.6 Å². The number of pyridine rings is 1. The van der Waals surface area contributed by atoms with E-state index in [0.29, 0.717) is 39.3 Å². The molecule has 0 saturated heterocycles. The normalized spacial score (nSPS) is 11.2. The monoisotopic (exact) mass is 570 g/mol. The Kier molecular flexibility index (Phi) is 7.77. The first kappa shape index (κ1) is 27.5. The van der Waals surface area contributed by atoms with E-state index >= 15 is 0 Å². The molecule has 0 saturated carbocycles. The van der Waals surface area contributed by atoms with E-state index in [9.17, 15) is 18.3 Å². The topological polar surface area (TPSA) is 155 Å². The van der Waals surface area contributed by atoms with Crippen molar-refractivity contribution in [2.75, 3.05) is 22.5 Å². The predicted molar refractivity (Wildman–Crippen MR) is 156 cm³/mol. The summed E-state index contributed by atoms with van der Waals surface area (Å²) in [5.74, 6) is 0.180. The fraction of sp³-hybridized carbons (Fsp3) is 0.103. The Morgan fingerprint density at radius 3 is 2.37 bits per heavy atom. The number of benzene rings is 3. The van der Waals surface area contributed by atoms with Crippen LogP contribution < -0.4 is 20.1 Å². The Labute approximate surface area is 236 Å². The van der Waals surface area contributed by atoms with Crippen molar-refractivity contribution < 1.29 is 23.1 Å². The maximum atomic E-state index is 13.5. The highest BCUT2D eigenvalue weighted by molar-refractivity contribution is 7.92. The molecule has 0 unspecified atom stereocenters. The number of nitrogens with zero attached hydrogens (tertiary/aromatic N) is 3. The van der Waals surface area contributed by atoms with Crippen molar-refractivity contribution in [1.82, 2.24) is 15.0 Å². The zero-order valence-electron chi connectivity index (χ0n) is 22.1. The number of aryl methyl sites for hydroxylation is 1. The number of carbonyl (C=O) groups excluding carboxylic acids is 1. The maximum absolute atomic E-state index is 13.5. The summed E-state index contributed by atoms with van der Waals surface area (Å²) in [6.07, 6.45) is 1.59. The van der Waals surface area contributed by atoms with Gasteiger partial charge in [0.1, 0.15) is 5.75 Å². The van der Waals surface area contributed by atoms with E-state index in [1.807, 2.05) is 0 Å². The Morgan fingerprint density at radius 1 is 0.902 bits per heavy atom. The number of nitrogens with one attached hydrogen (secondary N) is 3. The number of amides is 1. The number of sulfonamides is 1. The number of aliphatic hydroxyl groups is 1. The molecule has 0 aliphatic rings. The number of hydrogen-bond donors (Lipinski definition) is 4. The van der Waals surface area contributed by atoms with Gasteiger partial charge >= 0.3 is 0 Å². The van der Waals surface area contributed by atoms with Crippen LogP contribution in [0.2, 0.25) is 0 Å². The molecule has 0 bridgehead atoms. The zero-order valence-corrected chi connectivity index (χ0v) is 22.9. The van der Waals surface area contributed by atoms with Gasteiger partial charge in [0.25, 0.3) is 15.9 Å². The number of aromatic nitrogens is 3. The molecule has 1 amide bonds. The van der Waals surface area contributed by atoms with Gasteiger partial charge in [-0.05, 0) is 67.1 Å². The van der Waals surface area contributed by atoms with Gasteiger partial charge in [-0.2, -0.15) is 0 Å². The number of hydrogen-bond acceptors (Lipinski definition) is 9. The number of ether oxygens (including phenoxy) is 1. The molecule has 11 nitrogen and oxygen atoms in total. The molecule has 0 fully saturated rings. The first-order valence-corrected chi connectivity index (χ1v) is 13.9. The van der Waals surface area contributed by atoms with Crippen LogP contribution >= 0.6 is 0 Å². The van der Waals surface area contributed by atoms with Crippen LogP contribution in [-0.2, 0) is 16.6 Å². The molecule has 0 atom stereocenters. The van der Waals surface area contributed by atoms with E-state index in [4.69, 9.17) is 4.74 Å². The van der Waals surface area contributed by atoms with Gasteiger partial charge in [0.05, 0.1) is 35.2 Å². The first-order valence-electron chi connectivity index (χ1n) is 12.4. The van der Waals surface area contributed by atoms with Crippen LogP contribution in [0.4, 0.5) is 23.0 Å². The largest absolute Gasteiger partial charge is 0.497 e. The third-order valence-corrected chi connectivity index (χ3v) is 7.44. The summed E-state index contributed by atoms with van der Waals surface area (Å²) in [6.45, 7) is 1.49. The van der Waals surface area contributed by atoms with E-state index < -0.39 is 15.9 Å². The molecule has 208 valence electrons. The summed E-state index contributed by atoms with van der Waals surface area (Å²) in [5.41, 5.74) is 3.33. The third-order valence-electron chi connectivity index (χ3n) is 6.10. The molecule has 0 spiro atoms. The Balaban J connectivity index is 1.48. The van der Waals surface area contributed by atoms with Gasteiger partial charge in [-0.3, -0.25) is 14.5 Å². The third kappa shape index (κ3) is 6.24. The molecular formula is C29H26N6O5S. The Bertz CT molecular complexity index is 1840. The van der Waals surface area contributed by atoms with Crippen LogP contribution in [0.1, 0.15) is 21.6 Å². The molecule has 0 aliphatic carbocycles. The van der Waals surface area contributed by atoms with Crippen LogP contribution in [0.15, 0.2) is 90.0 Å². The second-order valence-corrected chi connectivity index (χ2v) is 10.7. The van der Waals surface area contributed by atoms with Crippen molar-refractivity contribution in [3.8, 4) is 5.75 Å². The summed E-state index contributed by atoms with van der Waals surface area (Å²) in [6, 6.07) is 21.3. The summed E-state index contributed by atoms with van der Waals surface area (Å²) in [5, 5.41) is 15.5. The first-order chi connectivity index (χ1) is 19.8. The Morgan fingerprint density at radius 2 is 1.66 bits per heavy atom. The minimum Gasteiger partial charge on any atom is -0.497 e. The van der Waals surface area contributed by atoms with E-state index in [2.05, 4.69) is 30.3 Å².